The van der Waals surface area contributed by atoms with Gasteiger partial charge in [-0.05, 0) is 62.9 Å². The van der Waals surface area contributed by atoms with E-state index in [0.717, 1.165) is 36.0 Å². The van der Waals surface area contributed by atoms with Crippen LogP contribution in [0.4, 0.5) is 5.69 Å². The Hall–Kier alpha value is -2.18. The smallest absolute Gasteiger partial charge is 0.255 e. The number of hydrogen-bond donors (Lipinski definition) is 1. The van der Waals surface area contributed by atoms with Crippen LogP contribution < -0.4 is 5.32 Å². The van der Waals surface area contributed by atoms with E-state index >= 15 is 0 Å². The van der Waals surface area contributed by atoms with Crippen molar-refractivity contribution >= 4 is 21.6 Å². The first kappa shape index (κ1) is 19.6. The number of amides is 1. The normalized spacial score (nSPS) is 15.5. The van der Waals surface area contributed by atoms with Crippen LogP contribution >= 0.6 is 0 Å². The maximum atomic E-state index is 12.9. The zero-order valence-corrected chi connectivity index (χ0v) is 16.9. The number of nitrogens with zero attached hydrogens (tertiary/aromatic N) is 1. The molecule has 0 atom stereocenters. The number of carbonyl (C=O) groups excluding carboxylic acids is 1. The van der Waals surface area contributed by atoms with E-state index in [2.05, 4.69) is 5.32 Å². The highest BCUT2D eigenvalue weighted by Gasteiger charge is 2.26. The quantitative estimate of drug-likeness (QED) is 0.862. The van der Waals surface area contributed by atoms with E-state index in [0.29, 0.717) is 24.3 Å². The second-order valence-electron chi connectivity index (χ2n) is 7.21. The molecule has 0 aromatic heterocycles. The third-order valence-corrected chi connectivity index (χ3v) is 6.94. The molecule has 1 fully saturated rings. The number of rotatable bonds is 4. The monoisotopic (exact) mass is 386 g/mol. The van der Waals surface area contributed by atoms with E-state index in [4.69, 9.17) is 0 Å². The zero-order valence-electron chi connectivity index (χ0n) is 16.1. The van der Waals surface area contributed by atoms with Crippen LogP contribution in [0.2, 0.25) is 0 Å². The summed E-state index contributed by atoms with van der Waals surface area (Å²) in [6, 6.07) is 10.6. The van der Waals surface area contributed by atoms with Crippen molar-refractivity contribution in [2.45, 2.75) is 44.9 Å². The minimum atomic E-state index is -3.53. The first-order chi connectivity index (χ1) is 12.8. The van der Waals surface area contributed by atoms with Crippen molar-refractivity contribution in [3.05, 3.63) is 58.7 Å². The Kier molecular flexibility index (Phi) is 5.67. The van der Waals surface area contributed by atoms with Gasteiger partial charge in [-0.25, -0.2) is 8.42 Å². The molecule has 0 saturated carbocycles. The van der Waals surface area contributed by atoms with E-state index in [-0.39, 0.29) is 10.8 Å². The summed E-state index contributed by atoms with van der Waals surface area (Å²) in [6.45, 7) is 6.79. The fourth-order valence-corrected chi connectivity index (χ4v) is 4.86. The second-order valence-corrected chi connectivity index (χ2v) is 9.15. The number of sulfonamides is 1. The third-order valence-electron chi connectivity index (χ3n) is 5.05. The molecular formula is C21H26N2O3S. The highest BCUT2D eigenvalue weighted by molar-refractivity contribution is 7.89. The number of anilines is 1. The van der Waals surface area contributed by atoms with Gasteiger partial charge >= 0.3 is 0 Å². The molecule has 1 aliphatic rings. The van der Waals surface area contributed by atoms with Crippen molar-refractivity contribution in [1.82, 2.24) is 4.31 Å². The second kappa shape index (κ2) is 7.82. The molecule has 3 rings (SSSR count). The summed E-state index contributed by atoms with van der Waals surface area (Å²) in [5.74, 6) is -0.230. The van der Waals surface area contributed by atoms with Gasteiger partial charge in [0.2, 0.25) is 10.0 Å². The van der Waals surface area contributed by atoms with Crippen LogP contribution in [0.3, 0.4) is 0 Å². The van der Waals surface area contributed by atoms with E-state index in [1.165, 1.54) is 4.31 Å². The minimum Gasteiger partial charge on any atom is -0.322 e. The summed E-state index contributed by atoms with van der Waals surface area (Å²) in [5, 5.41) is 2.89. The summed E-state index contributed by atoms with van der Waals surface area (Å²) in [7, 11) is -3.53. The lowest BCUT2D eigenvalue weighted by molar-refractivity contribution is 0.102. The van der Waals surface area contributed by atoms with Gasteiger partial charge in [-0.2, -0.15) is 4.31 Å². The van der Waals surface area contributed by atoms with E-state index in [1.807, 2.05) is 39.0 Å². The first-order valence-corrected chi connectivity index (χ1v) is 10.7. The predicted molar refractivity (Wildman–Crippen MR) is 108 cm³/mol. The van der Waals surface area contributed by atoms with Crippen LogP contribution in [-0.4, -0.2) is 31.7 Å². The summed E-state index contributed by atoms with van der Waals surface area (Å²) >= 11 is 0. The average Bonchev–Trinajstić information content (AvgIpc) is 2.66. The van der Waals surface area contributed by atoms with E-state index < -0.39 is 10.0 Å². The molecule has 0 aliphatic carbocycles. The number of benzene rings is 2. The van der Waals surface area contributed by atoms with Crippen molar-refractivity contribution in [3.8, 4) is 0 Å². The Labute approximate surface area is 161 Å². The van der Waals surface area contributed by atoms with E-state index in [1.54, 1.807) is 18.2 Å². The van der Waals surface area contributed by atoms with Crippen LogP contribution in [0.15, 0.2) is 41.3 Å². The van der Waals surface area contributed by atoms with Crippen LogP contribution in [0.5, 0.6) is 0 Å². The van der Waals surface area contributed by atoms with Crippen molar-refractivity contribution in [1.29, 1.82) is 0 Å². The zero-order chi connectivity index (χ0) is 19.6. The van der Waals surface area contributed by atoms with Crippen LogP contribution in [0.1, 0.15) is 46.3 Å². The molecule has 0 unspecified atom stereocenters. The molecule has 2 aromatic carbocycles. The number of piperidine rings is 1. The van der Waals surface area contributed by atoms with Gasteiger partial charge in [0.25, 0.3) is 5.91 Å². The predicted octanol–water partition coefficient (Wildman–Crippen LogP) is 4.04. The fourth-order valence-electron chi connectivity index (χ4n) is 3.32. The Bertz CT molecular complexity index is 961. The van der Waals surface area contributed by atoms with E-state index in [9.17, 15) is 13.2 Å². The van der Waals surface area contributed by atoms with Crippen LogP contribution in [-0.2, 0) is 10.0 Å². The number of carbonyl (C=O) groups is 1. The largest absolute Gasteiger partial charge is 0.322 e. The van der Waals surface area contributed by atoms with Crippen molar-refractivity contribution in [3.63, 3.8) is 0 Å². The van der Waals surface area contributed by atoms with Crippen LogP contribution in [0.25, 0.3) is 0 Å². The average molecular weight is 387 g/mol. The van der Waals surface area contributed by atoms with Gasteiger partial charge in [0.15, 0.2) is 0 Å². The lowest BCUT2D eigenvalue weighted by atomic mass is 10.0. The van der Waals surface area contributed by atoms with Gasteiger partial charge in [0.05, 0.1) is 4.90 Å². The summed E-state index contributed by atoms with van der Waals surface area (Å²) in [6.07, 6.45) is 2.85. The highest BCUT2D eigenvalue weighted by Crippen LogP contribution is 2.26. The first-order valence-electron chi connectivity index (χ1n) is 9.28. The summed E-state index contributed by atoms with van der Waals surface area (Å²) in [4.78, 5) is 13.0. The fraction of sp³-hybridized carbons (Fsp3) is 0.381. The van der Waals surface area contributed by atoms with Gasteiger partial charge in [0.1, 0.15) is 0 Å². The third kappa shape index (κ3) is 4.22. The molecule has 1 aliphatic heterocycles. The Balaban J connectivity index is 1.89. The van der Waals surface area contributed by atoms with Crippen molar-refractivity contribution < 1.29 is 13.2 Å². The van der Waals surface area contributed by atoms with Gasteiger partial charge in [-0.1, -0.05) is 30.2 Å². The molecule has 0 bridgehead atoms. The molecular weight excluding hydrogens is 360 g/mol. The minimum absolute atomic E-state index is 0.228. The van der Waals surface area contributed by atoms with Crippen LogP contribution in [0, 0.1) is 20.8 Å². The Morgan fingerprint density at radius 3 is 2.30 bits per heavy atom. The van der Waals surface area contributed by atoms with Gasteiger partial charge < -0.3 is 5.32 Å². The van der Waals surface area contributed by atoms with Crippen molar-refractivity contribution in [2.24, 2.45) is 0 Å². The highest BCUT2D eigenvalue weighted by atomic mass is 32.2. The molecule has 1 saturated heterocycles. The molecule has 1 heterocycles. The summed E-state index contributed by atoms with van der Waals surface area (Å²) < 4.78 is 27.4. The lowest BCUT2D eigenvalue weighted by Gasteiger charge is -2.26. The van der Waals surface area contributed by atoms with Gasteiger partial charge in [-0.3, -0.25) is 4.79 Å². The summed E-state index contributed by atoms with van der Waals surface area (Å²) in [5.41, 5.74) is 3.83. The molecule has 27 heavy (non-hydrogen) atoms. The molecule has 0 spiro atoms. The maximum absolute atomic E-state index is 12.9. The molecule has 1 amide bonds. The lowest BCUT2D eigenvalue weighted by Crippen LogP contribution is -2.35. The molecule has 6 heteroatoms. The Morgan fingerprint density at radius 2 is 1.59 bits per heavy atom. The number of nitrogens with one attached hydrogen (secondary N) is 1. The van der Waals surface area contributed by atoms with Crippen molar-refractivity contribution in [2.75, 3.05) is 18.4 Å². The van der Waals surface area contributed by atoms with Gasteiger partial charge in [0, 0.05) is 24.3 Å². The molecule has 5 nitrogen and oxygen atoms in total. The number of hydrogen-bond acceptors (Lipinski definition) is 3. The van der Waals surface area contributed by atoms with Gasteiger partial charge in [-0.15, -0.1) is 0 Å². The standard InChI is InChI=1S/C21H26N2O3S/c1-15-7-8-16(2)19(13-15)21(24)22-20-14-18(10-9-17(20)3)27(25,26)23-11-5-4-6-12-23/h7-10,13-14H,4-6,11-12H2,1-3H3,(H,22,24). The molecule has 144 valence electrons. The topological polar surface area (TPSA) is 66.5 Å². The maximum Gasteiger partial charge on any atom is 0.255 e. The molecule has 2 aromatic rings. The number of aryl methyl sites for hydroxylation is 3. The molecule has 0 radical (unpaired) electrons. The SMILES string of the molecule is Cc1ccc(C)c(C(=O)Nc2cc(S(=O)(=O)N3CCCCC3)ccc2C)c1. The molecule has 1 N–H and O–H groups in total. The Morgan fingerprint density at radius 1 is 0.926 bits per heavy atom.